The van der Waals surface area contributed by atoms with Gasteiger partial charge in [-0.1, -0.05) is 5.11 Å². The molecule has 0 bridgehead atoms. The van der Waals surface area contributed by atoms with E-state index in [0.29, 0.717) is 11.0 Å². The van der Waals surface area contributed by atoms with E-state index in [0.717, 1.165) is 0 Å². The van der Waals surface area contributed by atoms with E-state index in [1.807, 2.05) is 0 Å². The van der Waals surface area contributed by atoms with Crippen LogP contribution in [0.4, 0.5) is 0 Å². The maximum atomic E-state index is 10.6. The van der Waals surface area contributed by atoms with Gasteiger partial charge >= 0.3 is 5.91 Å². The Kier molecular flexibility index (Phi) is 2.13. The van der Waals surface area contributed by atoms with Crippen molar-refractivity contribution in [3.8, 4) is 0 Å². The average molecular weight is 178 g/mol. The van der Waals surface area contributed by atoms with Crippen molar-refractivity contribution in [2.24, 2.45) is 15.4 Å². The van der Waals surface area contributed by atoms with Gasteiger partial charge < -0.3 is 0 Å². The molecule has 1 aliphatic heterocycles. The Labute approximate surface area is 64.0 Å². The normalized spacial score (nSPS) is 15.7. The molecule has 0 fully saturated rings. The van der Waals surface area contributed by atoms with Gasteiger partial charge in [0.2, 0.25) is 5.71 Å². The van der Waals surface area contributed by atoms with Gasteiger partial charge in [0.15, 0.2) is 0 Å². The second kappa shape index (κ2) is 2.89. The minimum atomic E-state index is -0.738. The Morgan fingerprint density at radius 1 is 1.60 bits per heavy atom. The van der Waals surface area contributed by atoms with Gasteiger partial charge in [-0.25, -0.2) is 0 Å². The number of hydrogen-bond donors (Lipinski definition) is 0. The number of carbonyl (C=O) groups excluding carboxylic acids is 2. The summed E-state index contributed by atoms with van der Waals surface area (Å²) in [6, 6.07) is 0. The van der Waals surface area contributed by atoms with Gasteiger partial charge in [0, 0.05) is 11.0 Å². The van der Waals surface area contributed by atoms with Crippen molar-refractivity contribution in [2.45, 2.75) is 0 Å². The minimum Gasteiger partial charge on any atom is -0.278 e. The Morgan fingerprint density at radius 3 is 2.70 bits per heavy atom. The van der Waals surface area contributed by atoms with Gasteiger partial charge in [-0.15, -0.1) is 5.10 Å². The molecule has 7 heteroatoms. The minimum absolute atomic E-state index is 0.319. The van der Waals surface area contributed by atoms with Crippen molar-refractivity contribution < 1.29 is 9.59 Å². The van der Waals surface area contributed by atoms with E-state index in [-0.39, 0.29) is 5.71 Å². The van der Waals surface area contributed by atoms with Crippen LogP contribution in [0.15, 0.2) is 15.4 Å². The Hall–Kier alpha value is -0.750. The summed E-state index contributed by atoms with van der Waals surface area (Å²) in [7, 11) is 5.44. The molecule has 0 radical (unpaired) electrons. The standard InChI is InChI=1S/C3ClN3O2S/c4-10-3(9)1-2(8)6-7-5-1. The highest BCUT2D eigenvalue weighted by atomic mass is 35.7. The fraction of sp³-hybridized carbons (Fsp3) is 0. The lowest BCUT2D eigenvalue weighted by molar-refractivity contribution is -0.113. The van der Waals surface area contributed by atoms with Gasteiger partial charge in [-0.3, -0.25) is 9.59 Å². The fourth-order valence-electron chi connectivity index (χ4n) is 0.363. The van der Waals surface area contributed by atoms with Crippen LogP contribution in [0.3, 0.4) is 0 Å². The summed E-state index contributed by atoms with van der Waals surface area (Å²) >= 11 is 0. The number of carbonyl (C=O) groups is 2. The molecule has 0 spiro atoms. The van der Waals surface area contributed by atoms with Crippen molar-refractivity contribution in [3.63, 3.8) is 0 Å². The summed E-state index contributed by atoms with van der Waals surface area (Å²) in [6.45, 7) is 0. The molecule has 1 aliphatic rings. The summed E-state index contributed by atoms with van der Waals surface area (Å²) in [4.78, 5) is 21.1. The zero-order valence-corrected chi connectivity index (χ0v) is 6.02. The summed E-state index contributed by atoms with van der Waals surface area (Å²) in [5.41, 5.74) is -0.319. The van der Waals surface area contributed by atoms with Crippen molar-refractivity contribution in [1.29, 1.82) is 0 Å². The lowest BCUT2D eigenvalue weighted by Gasteiger charge is -1.84. The van der Waals surface area contributed by atoms with E-state index < -0.39 is 11.0 Å². The maximum Gasteiger partial charge on any atom is 0.322 e. The first-order valence-electron chi connectivity index (χ1n) is 2.11. The number of rotatable bonds is 1. The van der Waals surface area contributed by atoms with Crippen LogP contribution in [0.5, 0.6) is 0 Å². The summed E-state index contributed by atoms with van der Waals surface area (Å²) in [5.74, 6) is -0.738. The number of hydrogen-bond acceptors (Lipinski definition) is 5. The molecular weight excluding hydrogens is 178 g/mol. The van der Waals surface area contributed by atoms with E-state index in [4.69, 9.17) is 10.7 Å². The van der Waals surface area contributed by atoms with Crippen LogP contribution in [0.1, 0.15) is 0 Å². The first-order chi connectivity index (χ1) is 4.75. The Morgan fingerprint density at radius 2 is 2.30 bits per heavy atom. The maximum absolute atomic E-state index is 10.6. The quantitative estimate of drug-likeness (QED) is 0.593. The summed E-state index contributed by atoms with van der Waals surface area (Å²) in [5, 5.41) is 8.49. The Bertz CT molecular complexity index is 248. The molecule has 1 amide bonds. The third-order valence-electron chi connectivity index (χ3n) is 0.746. The van der Waals surface area contributed by atoms with Crippen molar-refractivity contribution >= 4 is 38.4 Å². The van der Waals surface area contributed by atoms with Crippen LogP contribution in [-0.4, -0.2) is 16.7 Å². The van der Waals surface area contributed by atoms with Crippen LogP contribution in [-0.2, 0) is 9.59 Å². The molecule has 0 saturated carbocycles. The first-order valence-corrected chi connectivity index (χ1v) is 3.76. The second-order valence-corrected chi connectivity index (χ2v) is 2.30. The molecule has 0 aliphatic carbocycles. The van der Waals surface area contributed by atoms with Crippen molar-refractivity contribution in [3.05, 3.63) is 0 Å². The molecule has 0 atom stereocenters. The summed E-state index contributed by atoms with van der Waals surface area (Å²) < 4.78 is 0. The van der Waals surface area contributed by atoms with E-state index in [9.17, 15) is 9.59 Å². The highest BCUT2D eigenvalue weighted by Crippen LogP contribution is 2.11. The van der Waals surface area contributed by atoms with Gasteiger partial charge in [0.05, 0.1) is 0 Å². The molecule has 1 heterocycles. The van der Waals surface area contributed by atoms with Gasteiger partial charge in [-0.05, 0) is 15.9 Å². The molecular formula is C3ClN3O2S. The van der Waals surface area contributed by atoms with Gasteiger partial charge in [0.1, 0.15) is 0 Å². The topological polar surface area (TPSA) is 71.2 Å². The van der Waals surface area contributed by atoms with E-state index >= 15 is 0 Å². The van der Waals surface area contributed by atoms with Crippen LogP contribution in [0.25, 0.3) is 0 Å². The molecule has 1 rings (SSSR count). The Balaban J connectivity index is 2.77. The van der Waals surface area contributed by atoms with Crippen molar-refractivity contribution in [2.75, 3.05) is 0 Å². The van der Waals surface area contributed by atoms with E-state index in [1.54, 1.807) is 0 Å². The smallest absolute Gasteiger partial charge is 0.278 e. The SMILES string of the molecule is O=C1N=NN=C1C(=O)SCl. The number of halogens is 1. The van der Waals surface area contributed by atoms with Gasteiger partial charge in [-0.2, -0.15) is 0 Å². The van der Waals surface area contributed by atoms with Crippen LogP contribution in [0.2, 0.25) is 0 Å². The molecule has 0 aromatic rings. The van der Waals surface area contributed by atoms with Crippen LogP contribution < -0.4 is 0 Å². The average Bonchev–Trinajstić information content (AvgIpc) is 2.34. The molecule has 10 heavy (non-hydrogen) atoms. The number of amides is 1. The lowest BCUT2D eigenvalue weighted by Crippen LogP contribution is -2.15. The zero-order valence-electron chi connectivity index (χ0n) is 4.44. The zero-order chi connectivity index (χ0) is 7.56. The third kappa shape index (κ3) is 1.22. The van der Waals surface area contributed by atoms with Crippen LogP contribution in [0, 0.1) is 0 Å². The highest BCUT2D eigenvalue weighted by Gasteiger charge is 2.23. The fourth-order valence-corrected chi connectivity index (χ4v) is 0.783. The first kappa shape index (κ1) is 7.36. The van der Waals surface area contributed by atoms with Crippen molar-refractivity contribution in [1.82, 2.24) is 0 Å². The number of nitrogens with zero attached hydrogens (tertiary/aromatic N) is 3. The lowest BCUT2D eigenvalue weighted by atomic mass is 10.4. The van der Waals surface area contributed by atoms with E-state index in [1.165, 1.54) is 0 Å². The highest BCUT2D eigenvalue weighted by molar-refractivity contribution is 8.34. The third-order valence-corrected chi connectivity index (χ3v) is 1.50. The monoisotopic (exact) mass is 177 g/mol. The molecule has 0 saturated heterocycles. The molecule has 0 unspecified atom stereocenters. The summed E-state index contributed by atoms with van der Waals surface area (Å²) in [6.07, 6.45) is 0. The molecule has 0 aromatic heterocycles. The molecule has 0 aromatic carbocycles. The van der Waals surface area contributed by atoms with Gasteiger partial charge in [0.25, 0.3) is 5.12 Å². The predicted molar refractivity (Wildman–Crippen MR) is 35.7 cm³/mol. The second-order valence-electron chi connectivity index (χ2n) is 1.31. The largest absolute Gasteiger partial charge is 0.322 e. The van der Waals surface area contributed by atoms with Crippen LogP contribution >= 0.6 is 21.7 Å². The van der Waals surface area contributed by atoms with E-state index in [2.05, 4.69) is 15.4 Å². The molecule has 5 nitrogen and oxygen atoms in total. The molecule has 0 N–H and O–H groups in total. The predicted octanol–water partition coefficient (Wildman–Crippen LogP) is 0.748. The molecule has 52 valence electrons.